The third kappa shape index (κ3) is 4.02. The molecular formula is C21H21N5O3. The molecule has 29 heavy (non-hydrogen) atoms. The van der Waals surface area contributed by atoms with Crippen LogP contribution in [0.2, 0.25) is 0 Å². The van der Waals surface area contributed by atoms with Crippen molar-refractivity contribution in [1.29, 1.82) is 0 Å². The van der Waals surface area contributed by atoms with Crippen molar-refractivity contribution in [2.24, 2.45) is 0 Å². The molecule has 0 bridgehead atoms. The fraction of sp³-hybridized carbons (Fsp3) is 0.238. The van der Waals surface area contributed by atoms with Gasteiger partial charge in [-0.3, -0.25) is 24.2 Å². The number of aromatic nitrogens is 2. The van der Waals surface area contributed by atoms with Crippen LogP contribution < -0.4 is 10.5 Å². The fourth-order valence-electron chi connectivity index (χ4n) is 3.49. The lowest BCUT2D eigenvalue weighted by Crippen LogP contribution is -2.47. The van der Waals surface area contributed by atoms with Crippen LogP contribution in [0.1, 0.15) is 5.56 Å². The highest BCUT2D eigenvalue weighted by Gasteiger charge is 2.29. The number of rotatable bonds is 5. The van der Waals surface area contributed by atoms with Crippen LogP contribution in [0.5, 0.6) is 0 Å². The number of anilines is 1. The van der Waals surface area contributed by atoms with E-state index in [-0.39, 0.29) is 5.82 Å². The highest BCUT2D eigenvalue weighted by Crippen LogP contribution is 2.24. The van der Waals surface area contributed by atoms with Gasteiger partial charge >= 0.3 is 11.2 Å². The molecule has 2 aromatic heterocycles. The molecule has 0 unspecified atom stereocenters. The van der Waals surface area contributed by atoms with Crippen LogP contribution in [0.3, 0.4) is 0 Å². The van der Waals surface area contributed by atoms with E-state index < -0.39 is 16.2 Å². The van der Waals surface area contributed by atoms with Gasteiger partial charge in [0.1, 0.15) is 5.65 Å². The summed E-state index contributed by atoms with van der Waals surface area (Å²) in [5.74, 6) is 0.158. The first-order chi connectivity index (χ1) is 14.1. The van der Waals surface area contributed by atoms with Gasteiger partial charge in [0, 0.05) is 38.9 Å². The summed E-state index contributed by atoms with van der Waals surface area (Å²) < 4.78 is 1.21. The van der Waals surface area contributed by atoms with Gasteiger partial charge in [0.2, 0.25) is 5.82 Å². The van der Waals surface area contributed by atoms with Crippen molar-refractivity contribution in [3.63, 3.8) is 0 Å². The Morgan fingerprint density at radius 3 is 2.48 bits per heavy atom. The minimum absolute atomic E-state index is 0.158. The van der Waals surface area contributed by atoms with E-state index >= 15 is 0 Å². The maximum Gasteiger partial charge on any atom is 0.376 e. The lowest BCUT2D eigenvalue weighted by atomic mass is 10.2. The van der Waals surface area contributed by atoms with Crippen LogP contribution in [-0.2, 0) is 0 Å². The predicted molar refractivity (Wildman–Crippen MR) is 112 cm³/mol. The minimum atomic E-state index is -0.649. The normalized spacial score (nSPS) is 15.2. The molecule has 0 amide bonds. The Morgan fingerprint density at radius 2 is 1.76 bits per heavy atom. The number of benzene rings is 1. The molecule has 0 spiro atoms. The molecule has 8 heteroatoms. The van der Waals surface area contributed by atoms with Crippen LogP contribution >= 0.6 is 0 Å². The van der Waals surface area contributed by atoms with Crippen LogP contribution in [0.4, 0.5) is 11.5 Å². The Kier molecular flexibility index (Phi) is 5.35. The van der Waals surface area contributed by atoms with E-state index in [4.69, 9.17) is 0 Å². The highest BCUT2D eigenvalue weighted by molar-refractivity contribution is 5.61. The minimum Gasteiger partial charge on any atom is -0.348 e. The Labute approximate surface area is 167 Å². The van der Waals surface area contributed by atoms with Crippen LogP contribution in [0.25, 0.3) is 11.7 Å². The maximum absolute atomic E-state index is 12.6. The van der Waals surface area contributed by atoms with Crippen molar-refractivity contribution < 1.29 is 4.92 Å². The van der Waals surface area contributed by atoms with Crippen molar-refractivity contribution in [3.8, 4) is 0 Å². The van der Waals surface area contributed by atoms with Gasteiger partial charge < -0.3 is 4.90 Å². The molecular weight excluding hydrogens is 370 g/mol. The Hall–Kier alpha value is -3.52. The lowest BCUT2D eigenvalue weighted by molar-refractivity contribution is -0.385. The van der Waals surface area contributed by atoms with Gasteiger partial charge in [0.15, 0.2) is 0 Å². The average molecular weight is 391 g/mol. The first kappa shape index (κ1) is 18.8. The van der Waals surface area contributed by atoms with E-state index in [0.29, 0.717) is 18.7 Å². The van der Waals surface area contributed by atoms with E-state index in [1.54, 1.807) is 18.2 Å². The number of pyridine rings is 1. The van der Waals surface area contributed by atoms with Crippen LogP contribution in [0, 0.1) is 10.1 Å². The Balaban J connectivity index is 1.49. The zero-order valence-electron chi connectivity index (χ0n) is 15.8. The van der Waals surface area contributed by atoms with Gasteiger partial charge in [-0.2, -0.15) is 0 Å². The van der Waals surface area contributed by atoms with Crippen molar-refractivity contribution in [1.82, 2.24) is 14.3 Å². The molecule has 148 valence electrons. The summed E-state index contributed by atoms with van der Waals surface area (Å²) in [6, 6.07) is 15.2. The second kappa shape index (κ2) is 8.24. The number of nitrogens with zero attached hydrogens (tertiary/aromatic N) is 5. The van der Waals surface area contributed by atoms with Gasteiger partial charge in [0.05, 0.1) is 4.92 Å². The van der Waals surface area contributed by atoms with E-state index in [9.17, 15) is 14.9 Å². The number of hydrogen-bond donors (Lipinski definition) is 0. The number of nitro groups is 1. The van der Waals surface area contributed by atoms with Gasteiger partial charge in [-0.25, -0.2) is 4.98 Å². The summed E-state index contributed by atoms with van der Waals surface area (Å²) in [7, 11) is 0. The first-order valence-electron chi connectivity index (χ1n) is 9.48. The van der Waals surface area contributed by atoms with E-state index in [1.165, 1.54) is 10.6 Å². The molecule has 0 atom stereocenters. The standard InChI is InChI=1S/C21H21N5O3/c27-21-19(26(28)29)20(22-18-10-4-5-12-25(18)21)24-15-13-23(14-16-24)11-6-9-17-7-2-1-3-8-17/h1-10,12H,11,13-16H2/b9-6+. The summed E-state index contributed by atoms with van der Waals surface area (Å²) in [6.45, 7) is 3.45. The van der Waals surface area contributed by atoms with Crippen molar-refractivity contribution in [2.45, 2.75) is 0 Å². The van der Waals surface area contributed by atoms with Gasteiger partial charge in [-0.15, -0.1) is 0 Å². The molecule has 0 aliphatic carbocycles. The number of fused-ring (bicyclic) bond motifs is 1. The zero-order valence-corrected chi connectivity index (χ0v) is 15.8. The van der Waals surface area contributed by atoms with E-state index in [2.05, 4.69) is 34.2 Å². The second-order valence-corrected chi connectivity index (χ2v) is 6.88. The molecule has 0 saturated carbocycles. The Bertz CT molecular complexity index is 1100. The van der Waals surface area contributed by atoms with Gasteiger partial charge in [-0.05, 0) is 17.7 Å². The van der Waals surface area contributed by atoms with Crippen LogP contribution in [0.15, 0.2) is 65.6 Å². The number of hydrogen-bond acceptors (Lipinski definition) is 6. The molecule has 1 saturated heterocycles. The molecule has 0 radical (unpaired) electrons. The third-order valence-electron chi connectivity index (χ3n) is 5.02. The maximum atomic E-state index is 12.6. The topological polar surface area (TPSA) is 84.0 Å². The quantitative estimate of drug-likeness (QED) is 0.491. The molecule has 1 fully saturated rings. The fourth-order valence-corrected chi connectivity index (χ4v) is 3.49. The van der Waals surface area contributed by atoms with Crippen molar-refractivity contribution in [3.05, 3.63) is 86.8 Å². The van der Waals surface area contributed by atoms with Crippen LogP contribution in [-0.4, -0.2) is 51.9 Å². The third-order valence-corrected chi connectivity index (χ3v) is 5.02. The summed E-state index contributed by atoms with van der Waals surface area (Å²) in [4.78, 5) is 32.1. The van der Waals surface area contributed by atoms with Gasteiger partial charge in [0.25, 0.3) is 0 Å². The molecule has 0 N–H and O–H groups in total. The monoisotopic (exact) mass is 391 g/mol. The van der Waals surface area contributed by atoms with Gasteiger partial charge in [-0.1, -0.05) is 48.6 Å². The molecule has 1 aliphatic rings. The van der Waals surface area contributed by atoms with Crippen molar-refractivity contribution in [2.75, 3.05) is 37.6 Å². The summed E-state index contributed by atoms with van der Waals surface area (Å²) in [6.07, 6.45) is 5.70. The molecule has 3 heterocycles. The second-order valence-electron chi connectivity index (χ2n) is 6.88. The smallest absolute Gasteiger partial charge is 0.348 e. The lowest BCUT2D eigenvalue weighted by Gasteiger charge is -2.34. The SMILES string of the molecule is O=c1c([N+](=O)[O-])c(N2CCN(C/C=C/c3ccccc3)CC2)nc2ccccn12. The van der Waals surface area contributed by atoms with E-state index in [0.717, 1.165) is 25.2 Å². The largest absolute Gasteiger partial charge is 0.376 e. The molecule has 8 nitrogen and oxygen atoms in total. The summed E-state index contributed by atoms with van der Waals surface area (Å²) >= 11 is 0. The average Bonchev–Trinajstić information content (AvgIpc) is 2.75. The predicted octanol–water partition coefficient (Wildman–Crippen LogP) is 2.44. The first-order valence-corrected chi connectivity index (χ1v) is 9.48. The van der Waals surface area contributed by atoms with E-state index in [1.807, 2.05) is 23.1 Å². The molecule has 1 aliphatic heterocycles. The van der Waals surface area contributed by atoms with Crippen molar-refractivity contribution >= 4 is 23.2 Å². The summed E-state index contributed by atoms with van der Waals surface area (Å²) in [5.41, 5.74) is 0.448. The molecule has 1 aromatic carbocycles. The molecule has 4 rings (SSSR count). The molecule has 3 aromatic rings. The zero-order chi connectivity index (χ0) is 20.2. The summed E-state index contributed by atoms with van der Waals surface area (Å²) in [5, 5.41) is 11.6. The number of piperazine rings is 1. The highest BCUT2D eigenvalue weighted by atomic mass is 16.6. The Morgan fingerprint density at radius 1 is 1.03 bits per heavy atom.